The zero-order valence-corrected chi connectivity index (χ0v) is 11.4. The zero-order chi connectivity index (χ0) is 14.4. The maximum absolute atomic E-state index is 12.0. The van der Waals surface area contributed by atoms with Gasteiger partial charge < -0.3 is 14.5 Å². The molecular weight excluding hydrogens is 260 g/mol. The number of nitrogens with one attached hydrogen (secondary N) is 2. The molecule has 0 spiro atoms. The number of rotatable bonds is 2. The van der Waals surface area contributed by atoms with Crippen LogP contribution in [0.2, 0.25) is 0 Å². The fourth-order valence-electron chi connectivity index (χ4n) is 2.75. The van der Waals surface area contributed by atoms with Crippen LogP contribution in [0.3, 0.4) is 0 Å². The fraction of sp³-hybridized carbons (Fsp3) is 0.286. The number of methoxy groups -OCH3 is 2. The third-order valence-corrected chi connectivity index (χ3v) is 3.70. The summed E-state index contributed by atoms with van der Waals surface area (Å²) < 4.78 is 10.5. The van der Waals surface area contributed by atoms with Crippen LogP contribution in [-0.2, 0) is 0 Å². The van der Waals surface area contributed by atoms with E-state index in [-0.39, 0.29) is 11.5 Å². The molecule has 0 aliphatic heterocycles. The van der Waals surface area contributed by atoms with Crippen molar-refractivity contribution in [2.75, 3.05) is 14.2 Å². The van der Waals surface area contributed by atoms with Gasteiger partial charge in [0.2, 0.25) is 0 Å². The number of H-pyrrole nitrogens is 2. The Hall–Kier alpha value is -2.50. The summed E-state index contributed by atoms with van der Waals surface area (Å²) in [5.74, 6) is 1.05. The molecule has 2 aromatic rings. The third-order valence-electron chi connectivity index (χ3n) is 3.70. The number of hydrogen-bond acceptors (Lipinski definition) is 4. The van der Waals surface area contributed by atoms with Gasteiger partial charge in [-0.2, -0.15) is 0 Å². The number of benzene rings is 1. The van der Waals surface area contributed by atoms with Crippen LogP contribution in [0.4, 0.5) is 0 Å². The molecule has 2 N–H and O–H groups in total. The van der Waals surface area contributed by atoms with Gasteiger partial charge in [0.25, 0.3) is 5.56 Å². The van der Waals surface area contributed by atoms with E-state index in [1.165, 1.54) is 0 Å². The Bertz CT molecular complexity index is 804. The Balaban J connectivity index is 2.36. The second kappa shape index (κ2) is 4.26. The third kappa shape index (κ3) is 1.57. The Kier molecular flexibility index (Phi) is 2.67. The van der Waals surface area contributed by atoms with Gasteiger partial charge in [0.15, 0.2) is 11.5 Å². The molecule has 0 amide bonds. The first-order chi connectivity index (χ1) is 9.56. The van der Waals surface area contributed by atoms with Crippen molar-refractivity contribution in [3.8, 4) is 22.8 Å². The van der Waals surface area contributed by atoms with Crippen LogP contribution < -0.4 is 20.7 Å². The molecule has 1 aliphatic carbocycles. The molecule has 0 bridgehead atoms. The summed E-state index contributed by atoms with van der Waals surface area (Å²) in [6.45, 7) is 1.92. The normalized spacial score (nSPS) is 15.7. The van der Waals surface area contributed by atoms with Crippen LogP contribution in [0, 0.1) is 0 Å². The SMILES string of the molecule is COc1cc2c(cc1OC)C(C)c1c-2[nH]c(=O)[nH]c1=O. The molecule has 1 unspecified atom stereocenters. The van der Waals surface area contributed by atoms with Crippen LogP contribution in [0.15, 0.2) is 21.7 Å². The predicted octanol–water partition coefficient (Wildman–Crippen LogP) is 1.21. The lowest BCUT2D eigenvalue weighted by Gasteiger charge is -2.11. The second-order valence-corrected chi connectivity index (χ2v) is 4.71. The van der Waals surface area contributed by atoms with Crippen LogP contribution in [0.25, 0.3) is 11.3 Å². The zero-order valence-electron chi connectivity index (χ0n) is 11.4. The molecule has 3 rings (SSSR count). The van der Waals surface area contributed by atoms with E-state index in [4.69, 9.17) is 9.47 Å². The molecule has 0 radical (unpaired) electrons. The Morgan fingerprint density at radius 3 is 2.35 bits per heavy atom. The minimum atomic E-state index is -0.511. The summed E-state index contributed by atoms with van der Waals surface area (Å²) in [5, 5.41) is 0. The van der Waals surface area contributed by atoms with Crippen molar-refractivity contribution in [1.82, 2.24) is 9.97 Å². The number of aromatic amines is 2. The summed E-state index contributed by atoms with van der Waals surface area (Å²) in [4.78, 5) is 28.4. The largest absolute Gasteiger partial charge is 0.493 e. The molecule has 0 saturated heterocycles. The minimum absolute atomic E-state index is 0.111. The Labute approximate surface area is 114 Å². The van der Waals surface area contributed by atoms with E-state index < -0.39 is 5.69 Å². The van der Waals surface area contributed by atoms with E-state index in [2.05, 4.69) is 9.97 Å². The van der Waals surface area contributed by atoms with E-state index in [0.717, 1.165) is 11.1 Å². The highest BCUT2D eigenvalue weighted by Crippen LogP contribution is 2.45. The summed E-state index contributed by atoms with van der Waals surface area (Å²) in [6.07, 6.45) is 0. The monoisotopic (exact) mass is 274 g/mol. The second-order valence-electron chi connectivity index (χ2n) is 4.71. The molecule has 6 heteroatoms. The van der Waals surface area contributed by atoms with Crippen molar-refractivity contribution in [2.45, 2.75) is 12.8 Å². The average Bonchev–Trinajstić information content (AvgIpc) is 2.70. The summed E-state index contributed by atoms with van der Waals surface area (Å²) in [5.41, 5.74) is 1.99. The molecule has 1 aromatic heterocycles. The highest BCUT2D eigenvalue weighted by atomic mass is 16.5. The van der Waals surface area contributed by atoms with E-state index in [9.17, 15) is 9.59 Å². The van der Waals surface area contributed by atoms with Crippen molar-refractivity contribution in [2.24, 2.45) is 0 Å². The summed E-state index contributed by atoms with van der Waals surface area (Å²) in [6, 6.07) is 3.63. The van der Waals surface area contributed by atoms with Crippen molar-refractivity contribution in [1.29, 1.82) is 0 Å². The first-order valence-electron chi connectivity index (χ1n) is 6.19. The maximum atomic E-state index is 12.0. The molecular formula is C14H14N2O4. The molecule has 1 aromatic carbocycles. The quantitative estimate of drug-likeness (QED) is 0.862. The van der Waals surface area contributed by atoms with Gasteiger partial charge in [-0.3, -0.25) is 9.78 Å². The van der Waals surface area contributed by atoms with E-state index in [1.807, 2.05) is 13.0 Å². The molecule has 1 atom stereocenters. The first-order valence-corrected chi connectivity index (χ1v) is 6.19. The van der Waals surface area contributed by atoms with Gasteiger partial charge >= 0.3 is 5.69 Å². The highest BCUT2D eigenvalue weighted by Gasteiger charge is 2.31. The highest BCUT2D eigenvalue weighted by molar-refractivity contribution is 5.77. The standard InChI is InChI=1S/C14H14N2O4/c1-6-7-4-9(19-2)10(20-3)5-8(7)12-11(6)13(17)16-14(18)15-12/h4-6H,1-3H3,(H2,15,16,17,18). The van der Waals surface area contributed by atoms with Gasteiger partial charge in [0.1, 0.15) is 0 Å². The number of aromatic nitrogens is 2. The van der Waals surface area contributed by atoms with Gasteiger partial charge in [0, 0.05) is 17.0 Å². The molecule has 0 fully saturated rings. The van der Waals surface area contributed by atoms with Crippen molar-refractivity contribution in [3.05, 3.63) is 44.1 Å². The Morgan fingerprint density at radius 1 is 1.05 bits per heavy atom. The van der Waals surface area contributed by atoms with E-state index in [0.29, 0.717) is 22.8 Å². The number of fused-ring (bicyclic) bond motifs is 3. The van der Waals surface area contributed by atoms with Gasteiger partial charge in [-0.15, -0.1) is 0 Å². The minimum Gasteiger partial charge on any atom is -0.493 e. The number of hydrogen-bond donors (Lipinski definition) is 2. The molecule has 0 saturated carbocycles. The van der Waals surface area contributed by atoms with Crippen LogP contribution in [-0.4, -0.2) is 24.2 Å². The topological polar surface area (TPSA) is 84.2 Å². The first kappa shape index (κ1) is 12.5. The number of ether oxygens (including phenoxy) is 2. The summed E-state index contributed by atoms with van der Waals surface area (Å²) in [7, 11) is 3.11. The van der Waals surface area contributed by atoms with Crippen LogP contribution >= 0.6 is 0 Å². The van der Waals surface area contributed by atoms with Gasteiger partial charge in [-0.1, -0.05) is 6.92 Å². The van der Waals surface area contributed by atoms with Crippen molar-refractivity contribution < 1.29 is 9.47 Å². The van der Waals surface area contributed by atoms with Gasteiger partial charge in [-0.05, 0) is 17.7 Å². The fourth-order valence-corrected chi connectivity index (χ4v) is 2.75. The molecule has 6 nitrogen and oxygen atoms in total. The van der Waals surface area contributed by atoms with Crippen LogP contribution in [0.5, 0.6) is 11.5 Å². The lowest BCUT2D eigenvalue weighted by atomic mass is 10.00. The predicted molar refractivity (Wildman–Crippen MR) is 73.7 cm³/mol. The van der Waals surface area contributed by atoms with Crippen molar-refractivity contribution >= 4 is 0 Å². The van der Waals surface area contributed by atoms with Crippen molar-refractivity contribution in [3.63, 3.8) is 0 Å². The Morgan fingerprint density at radius 2 is 1.70 bits per heavy atom. The lowest BCUT2D eigenvalue weighted by molar-refractivity contribution is 0.354. The van der Waals surface area contributed by atoms with Crippen LogP contribution in [0.1, 0.15) is 24.0 Å². The maximum Gasteiger partial charge on any atom is 0.326 e. The van der Waals surface area contributed by atoms with E-state index in [1.54, 1.807) is 20.3 Å². The molecule has 1 aliphatic rings. The van der Waals surface area contributed by atoms with E-state index >= 15 is 0 Å². The molecule has 1 heterocycles. The molecule has 104 valence electrons. The van der Waals surface area contributed by atoms with Gasteiger partial charge in [-0.25, -0.2) is 4.79 Å². The smallest absolute Gasteiger partial charge is 0.326 e. The lowest BCUT2D eigenvalue weighted by Crippen LogP contribution is -2.25. The molecule has 20 heavy (non-hydrogen) atoms. The average molecular weight is 274 g/mol. The van der Waals surface area contributed by atoms with Gasteiger partial charge in [0.05, 0.1) is 19.9 Å². The summed E-state index contributed by atoms with van der Waals surface area (Å²) >= 11 is 0.